The summed E-state index contributed by atoms with van der Waals surface area (Å²) in [6, 6.07) is 17.4. The minimum Gasteiger partial charge on any atom is -0.426 e. The van der Waals surface area contributed by atoms with Crippen LogP contribution in [0.2, 0.25) is 0 Å². The number of ether oxygens (including phenoxy) is 1. The molecule has 0 fully saturated rings. The molecule has 1 heterocycles. The zero-order valence-electron chi connectivity index (χ0n) is 16.4. The zero-order valence-corrected chi connectivity index (χ0v) is 16.4. The summed E-state index contributed by atoms with van der Waals surface area (Å²) in [5, 5.41) is 5.88. The Labute approximate surface area is 166 Å². The van der Waals surface area contributed by atoms with Crippen molar-refractivity contribution in [3.63, 3.8) is 0 Å². The third-order valence-corrected chi connectivity index (χ3v) is 5.03. The molecule has 0 radical (unpaired) electrons. The molecule has 1 aliphatic rings. The van der Waals surface area contributed by atoms with Crippen molar-refractivity contribution in [2.24, 2.45) is 5.10 Å². The number of esters is 1. The molecular weight excluding hydrogens is 352 g/mol. The fourth-order valence-corrected chi connectivity index (χ4v) is 3.18. The van der Waals surface area contributed by atoms with Crippen molar-refractivity contribution in [1.82, 2.24) is 5.01 Å². The molecule has 0 spiro atoms. The maximum Gasteiger partial charge on any atom is 0.311 e. The Morgan fingerprint density at radius 3 is 2.54 bits per heavy atom. The molecule has 146 valence electrons. The summed E-state index contributed by atoms with van der Waals surface area (Å²) in [6.45, 7) is 4.75. The minimum atomic E-state index is -0.393. The Morgan fingerprint density at radius 2 is 1.79 bits per heavy atom. The minimum absolute atomic E-state index is 0.0420. The fourth-order valence-electron chi connectivity index (χ4n) is 3.18. The summed E-state index contributed by atoms with van der Waals surface area (Å²) in [6.07, 6.45) is 1.82. The van der Waals surface area contributed by atoms with Gasteiger partial charge in [-0.25, -0.2) is 5.01 Å². The van der Waals surface area contributed by atoms with E-state index in [0.29, 0.717) is 18.2 Å². The van der Waals surface area contributed by atoms with Crippen LogP contribution < -0.4 is 4.74 Å². The second-order valence-electron chi connectivity index (χ2n) is 7.00. The Bertz CT molecular complexity index is 861. The lowest BCUT2D eigenvalue weighted by atomic mass is 9.98. The smallest absolute Gasteiger partial charge is 0.311 e. The van der Waals surface area contributed by atoms with Crippen molar-refractivity contribution in [2.75, 3.05) is 6.54 Å². The van der Waals surface area contributed by atoms with E-state index in [9.17, 15) is 9.59 Å². The van der Waals surface area contributed by atoms with Crippen LogP contribution in [-0.4, -0.2) is 29.1 Å². The molecule has 0 saturated heterocycles. The summed E-state index contributed by atoms with van der Waals surface area (Å²) >= 11 is 0. The Hall–Kier alpha value is -2.95. The van der Waals surface area contributed by atoms with Gasteiger partial charge in [0.15, 0.2) is 0 Å². The van der Waals surface area contributed by atoms with Gasteiger partial charge in [0, 0.05) is 12.8 Å². The summed E-state index contributed by atoms with van der Waals surface area (Å²) in [4.78, 5) is 24.7. The average Bonchev–Trinajstić information content (AvgIpc) is 3.23. The van der Waals surface area contributed by atoms with E-state index in [0.717, 1.165) is 29.7 Å². The van der Waals surface area contributed by atoms with Crippen LogP contribution in [0.1, 0.15) is 56.6 Å². The lowest BCUT2D eigenvalue weighted by molar-refractivity contribution is -0.138. The van der Waals surface area contributed by atoms with Crippen LogP contribution in [0.15, 0.2) is 59.7 Å². The van der Waals surface area contributed by atoms with E-state index in [1.165, 1.54) is 5.01 Å². The van der Waals surface area contributed by atoms with Crippen molar-refractivity contribution >= 4 is 17.6 Å². The number of para-hydroxylation sites is 1. The van der Waals surface area contributed by atoms with E-state index < -0.39 is 5.97 Å². The lowest BCUT2D eigenvalue weighted by Gasteiger charge is -2.15. The lowest BCUT2D eigenvalue weighted by Crippen LogP contribution is -2.24. The Balaban J connectivity index is 1.54. The molecule has 0 aliphatic carbocycles. The maximum atomic E-state index is 12.4. The Morgan fingerprint density at radius 1 is 1.07 bits per heavy atom. The van der Waals surface area contributed by atoms with Crippen LogP contribution in [0.5, 0.6) is 5.75 Å². The number of hydrogen-bond acceptors (Lipinski definition) is 4. The largest absolute Gasteiger partial charge is 0.426 e. The normalized spacial score (nSPS) is 14.5. The van der Waals surface area contributed by atoms with Crippen LogP contribution in [-0.2, 0) is 9.59 Å². The summed E-state index contributed by atoms with van der Waals surface area (Å²) in [7, 11) is 0. The molecule has 0 N–H and O–H groups in total. The third-order valence-electron chi connectivity index (χ3n) is 5.03. The number of amides is 1. The highest BCUT2D eigenvalue weighted by atomic mass is 16.5. The molecular formula is C23H26N2O3. The van der Waals surface area contributed by atoms with Gasteiger partial charge in [-0.1, -0.05) is 62.4 Å². The number of hydrogen-bond donors (Lipinski definition) is 0. The molecule has 1 unspecified atom stereocenters. The molecule has 1 aliphatic heterocycles. The molecule has 1 amide bonds. The van der Waals surface area contributed by atoms with E-state index in [2.05, 4.69) is 18.9 Å². The first-order valence-corrected chi connectivity index (χ1v) is 9.81. The highest BCUT2D eigenvalue weighted by molar-refractivity contribution is 6.02. The molecule has 3 rings (SSSR count). The first kappa shape index (κ1) is 19.8. The van der Waals surface area contributed by atoms with Crippen LogP contribution in [0, 0.1) is 0 Å². The standard InChI is InChI=1S/C23H26N2O3/c1-3-17(2)19-11-7-8-12-21(19)28-23(27)14-13-22(26)25-16-15-20(24-25)18-9-5-4-6-10-18/h4-12,17H,3,13-16H2,1-2H3. The topological polar surface area (TPSA) is 59.0 Å². The van der Waals surface area contributed by atoms with Gasteiger partial charge in [0.1, 0.15) is 5.75 Å². The van der Waals surface area contributed by atoms with E-state index in [1.807, 2.05) is 48.5 Å². The van der Waals surface area contributed by atoms with Gasteiger partial charge in [-0.05, 0) is 29.5 Å². The SMILES string of the molecule is CCC(C)c1ccccc1OC(=O)CCC(=O)N1CCC(c2ccccc2)=N1. The van der Waals surface area contributed by atoms with Gasteiger partial charge < -0.3 is 4.74 Å². The molecule has 0 aromatic heterocycles. The maximum absolute atomic E-state index is 12.4. The predicted molar refractivity (Wildman–Crippen MR) is 109 cm³/mol. The average molecular weight is 378 g/mol. The third kappa shape index (κ3) is 4.85. The van der Waals surface area contributed by atoms with E-state index in [4.69, 9.17) is 4.74 Å². The zero-order chi connectivity index (χ0) is 19.9. The van der Waals surface area contributed by atoms with Gasteiger partial charge >= 0.3 is 5.97 Å². The van der Waals surface area contributed by atoms with Gasteiger partial charge in [0.2, 0.25) is 5.91 Å². The quantitative estimate of drug-likeness (QED) is 0.526. The molecule has 1 atom stereocenters. The first-order chi connectivity index (χ1) is 13.6. The monoisotopic (exact) mass is 378 g/mol. The van der Waals surface area contributed by atoms with Gasteiger partial charge in [0.25, 0.3) is 0 Å². The van der Waals surface area contributed by atoms with Gasteiger partial charge in [-0.3, -0.25) is 9.59 Å². The number of benzene rings is 2. The van der Waals surface area contributed by atoms with Crippen LogP contribution >= 0.6 is 0 Å². The highest BCUT2D eigenvalue weighted by Gasteiger charge is 2.22. The summed E-state index contributed by atoms with van der Waals surface area (Å²) < 4.78 is 5.53. The van der Waals surface area contributed by atoms with Crippen molar-refractivity contribution in [2.45, 2.75) is 45.4 Å². The first-order valence-electron chi connectivity index (χ1n) is 9.81. The van der Waals surface area contributed by atoms with E-state index in [-0.39, 0.29) is 18.7 Å². The molecule has 28 heavy (non-hydrogen) atoms. The van der Waals surface area contributed by atoms with E-state index in [1.54, 1.807) is 6.07 Å². The van der Waals surface area contributed by atoms with Crippen molar-refractivity contribution in [1.29, 1.82) is 0 Å². The number of carbonyl (C=O) groups excluding carboxylic acids is 2. The van der Waals surface area contributed by atoms with Crippen molar-refractivity contribution in [3.05, 3.63) is 65.7 Å². The number of hydrazone groups is 1. The Kier molecular flexibility index (Phi) is 6.58. The molecule has 0 saturated carbocycles. The highest BCUT2D eigenvalue weighted by Crippen LogP contribution is 2.28. The molecule has 0 bridgehead atoms. The van der Waals surface area contributed by atoms with Crippen molar-refractivity contribution < 1.29 is 14.3 Å². The van der Waals surface area contributed by atoms with Gasteiger partial charge in [-0.2, -0.15) is 5.10 Å². The summed E-state index contributed by atoms with van der Waals surface area (Å²) in [5.41, 5.74) is 2.94. The fraction of sp³-hybridized carbons (Fsp3) is 0.348. The van der Waals surface area contributed by atoms with Crippen LogP contribution in [0.3, 0.4) is 0 Å². The van der Waals surface area contributed by atoms with Gasteiger partial charge in [-0.15, -0.1) is 0 Å². The van der Waals surface area contributed by atoms with Crippen LogP contribution in [0.4, 0.5) is 0 Å². The molecule has 2 aromatic rings. The van der Waals surface area contributed by atoms with Gasteiger partial charge in [0.05, 0.1) is 18.7 Å². The van der Waals surface area contributed by atoms with E-state index >= 15 is 0 Å². The number of nitrogens with zero attached hydrogens (tertiary/aromatic N) is 2. The van der Waals surface area contributed by atoms with Crippen molar-refractivity contribution in [3.8, 4) is 5.75 Å². The molecule has 5 nitrogen and oxygen atoms in total. The number of carbonyl (C=O) groups is 2. The second-order valence-corrected chi connectivity index (χ2v) is 7.00. The molecule has 2 aromatic carbocycles. The number of rotatable bonds is 7. The second kappa shape index (κ2) is 9.31. The molecule has 5 heteroatoms. The predicted octanol–water partition coefficient (Wildman–Crippen LogP) is 4.52. The van der Waals surface area contributed by atoms with Crippen LogP contribution in [0.25, 0.3) is 0 Å². The summed E-state index contributed by atoms with van der Waals surface area (Å²) in [5.74, 6) is 0.342.